The highest BCUT2D eigenvalue weighted by molar-refractivity contribution is 5.91. The van der Waals surface area contributed by atoms with E-state index in [1.807, 2.05) is 4.90 Å². The van der Waals surface area contributed by atoms with E-state index in [2.05, 4.69) is 10.0 Å². The van der Waals surface area contributed by atoms with Crippen molar-refractivity contribution < 1.29 is 13.9 Å². The van der Waals surface area contributed by atoms with Crippen LogP contribution in [0.1, 0.15) is 30.1 Å². The molecule has 0 radical (unpaired) electrons. The fourth-order valence-corrected chi connectivity index (χ4v) is 2.43. The van der Waals surface area contributed by atoms with Crippen molar-refractivity contribution in [2.45, 2.75) is 25.8 Å². The van der Waals surface area contributed by atoms with Crippen LogP contribution < -0.4 is 4.90 Å². The van der Waals surface area contributed by atoms with E-state index >= 15 is 0 Å². The Balaban J connectivity index is 2.16. The summed E-state index contributed by atoms with van der Waals surface area (Å²) in [5.41, 5.74) is 8.77. The molecule has 7 heteroatoms. The zero-order chi connectivity index (χ0) is 15.2. The lowest BCUT2D eigenvalue weighted by Gasteiger charge is -2.32. The number of ether oxygens (including phenoxy) is 1. The van der Waals surface area contributed by atoms with Gasteiger partial charge in [-0.3, -0.25) is 0 Å². The van der Waals surface area contributed by atoms with Crippen LogP contribution in [0.4, 0.5) is 10.1 Å². The number of carbonyl (C=O) groups excluding carboxylic acids is 1. The number of benzene rings is 1. The number of azide groups is 1. The van der Waals surface area contributed by atoms with E-state index in [0.29, 0.717) is 31.6 Å². The first-order valence-electron chi connectivity index (χ1n) is 6.92. The van der Waals surface area contributed by atoms with Crippen LogP contribution in [0.2, 0.25) is 0 Å². The molecule has 1 heterocycles. The molecule has 0 aliphatic carbocycles. The van der Waals surface area contributed by atoms with Crippen molar-refractivity contribution in [1.29, 1.82) is 0 Å². The van der Waals surface area contributed by atoms with Crippen LogP contribution in [0.15, 0.2) is 23.3 Å². The number of rotatable bonds is 4. The molecule has 0 atom stereocenters. The monoisotopic (exact) mass is 292 g/mol. The minimum absolute atomic E-state index is 0.0393. The molecule has 1 fully saturated rings. The Hall–Kier alpha value is -2.27. The molecule has 112 valence electrons. The lowest BCUT2D eigenvalue weighted by atomic mass is 10.0. The highest BCUT2D eigenvalue weighted by Gasteiger charge is 2.23. The first-order valence-corrected chi connectivity index (χ1v) is 6.92. The second-order valence-electron chi connectivity index (χ2n) is 4.78. The van der Waals surface area contributed by atoms with E-state index in [0.717, 1.165) is 0 Å². The summed E-state index contributed by atoms with van der Waals surface area (Å²) in [4.78, 5) is 16.4. The summed E-state index contributed by atoms with van der Waals surface area (Å²) >= 11 is 0. The Bertz CT molecular complexity index is 564. The molecule has 0 bridgehead atoms. The van der Waals surface area contributed by atoms with Gasteiger partial charge in [0.05, 0.1) is 17.9 Å². The van der Waals surface area contributed by atoms with E-state index in [-0.39, 0.29) is 18.2 Å². The van der Waals surface area contributed by atoms with Crippen molar-refractivity contribution in [3.8, 4) is 0 Å². The molecule has 2 rings (SSSR count). The number of halogens is 1. The van der Waals surface area contributed by atoms with Gasteiger partial charge < -0.3 is 9.64 Å². The number of anilines is 1. The molecule has 1 aromatic rings. The van der Waals surface area contributed by atoms with Gasteiger partial charge in [-0.05, 0) is 37.4 Å². The van der Waals surface area contributed by atoms with Gasteiger partial charge in [0.25, 0.3) is 0 Å². The third-order valence-corrected chi connectivity index (χ3v) is 3.49. The van der Waals surface area contributed by atoms with Gasteiger partial charge in [0.15, 0.2) is 5.82 Å². The van der Waals surface area contributed by atoms with Crippen molar-refractivity contribution in [3.05, 3.63) is 40.0 Å². The molecule has 1 aromatic carbocycles. The summed E-state index contributed by atoms with van der Waals surface area (Å²) in [6.45, 7) is 3.07. The topological polar surface area (TPSA) is 78.3 Å². The molecule has 0 spiro atoms. The van der Waals surface area contributed by atoms with Crippen molar-refractivity contribution in [3.63, 3.8) is 0 Å². The number of carbonyl (C=O) groups is 1. The van der Waals surface area contributed by atoms with E-state index in [4.69, 9.17) is 10.3 Å². The Morgan fingerprint density at radius 1 is 1.52 bits per heavy atom. The standard InChI is InChI=1S/C14H17FN4O2/c1-2-21-14(20)11-4-3-5-12(13(11)15)19-8-6-10(7-9-19)17-18-16/h3-5,10H,2,6-9H2,1H3. The van der Waals surface area contributed by atoms with Gasteiger partial charge in [-0.15, -0.1) is 0 Å². The van der Waals surface area contributed by atoms with Gasteiger partial charge in [0, 0.05) is 24.0 Å². The van der Waals surface area contributed by atoms with Gasteiger partial charge in [0.1, 0.15) is 0 Å². The summed E-state index contributed by atoms with van der Waals surface area (Å²) in [7, 11) is 0. The lowest BCUT2D eigenvalue weighted by molar-refractivity contribution is 0.0521. The average Bonchev–Trinajstić information content (AvgIpc) is 2.49. The number of esters is 1. The van der Waals surface area contributed by atoms with Crippen molar-refractivity contribution in [1.82, 2.24) is 0 Å². The Morgan fingerprint density at radius 3 is 2.86 bits per heavy atom. The second-order valence-corrected chi connectivity index (χ2v) is 4.78. The summed E-state index contributed by atoms with van der Waals surface area (Å²) in [6.07, 6.45) is 1.35. The quantitative estimate of drug-likeness (QED) is 0.370. The highest BCUT2D eigenvalue weighted by Crippen LogP contribution is 2.26. The second kappa shape index (κ2) is 6.95. The van der Waals surface area contributed by atoms with Crippen molar-refractivity contribution >= 4 is 11.7 Å². The molecule has 6 nitrogen and oxygen atoms in total. The molecule has 1 saturated heterocycles. The SMILES string of the molecule is CCOC(=O)c1cccc(N2CCC(N=[N+]=[N-])CC2)c1F. The van der Waals surface area contributed by atoms with Crippen LogP contribution in [0.3, 0.4) is 0 Å². The first kappa shape index (κ1) is 15.1. The molecule has 0 N–H and O–H groups in total. The van der Waals surface area contributed by atoms with Gasteiger partial charge in [-0.25, -0.2) is 9.18 Å². The van der Waals surface area contributed by atoms with E-state index in [1.54, 1.807) is 19.1 Å². The van der Waals surface area contributed by atoms with E-state index in [1.165, 1.54) is 6.07 Å². The predicted octanol–water partition coefficient (Wildman–Crippen LogP) is 3.28. The molecule has 0 saturated carbocycles. The largest absolute Gasteiger partial charge is 0.462 e. The number of hydrogen-bond donors (Lipinski definition) is 0. The molecule has 0 amide bonds. The Morgan fingerprint density at radius 2 is 2.24 bits per heavy atom. The molecule has 0 aromatic heterocycles. The van der Waals surface area contributed by atoms with E-state index in [9.17, 15) is 9.18 Å². The molecule has 1 aliphatic rings. The van der Waals surface area contributed by atoms with Crippen LogP contribution in [0, 0.1) is 5.82 Å². The summed E-state index contributed by atoms with van der Waals surface area (Å²) < 4.78 is 19.3. The zero-order valence-electron chi connectivity index (χ0n) is 11.8. The number of hydrogen-bond acceptors (Lipinski definition) is 4. The minimum Gasteiger partial charge on any atom is -0.462 e. The number of nitrogens with zero attached hydrogens (tertiary/aromatic N) is 4. The highest BCUT2D eigenvalue weighted by atomic mass is 19.1. The summed E-state index contributed by atoms with van der Waals surface area (Å²) in [5.74, 6) is -1.21. The fraction of sp³-hybridized carbons (Fsp3) is 0.500. The van der Waals surface area contributed by atoms with Crippen molar-refractivity contribution in [2.24, 2.45) is 5.11 Å². The van der Waals surface area contributed by atoms with Gasteiger partial charge in [-0.1, -0.05) is 11.2 Å². The van der Waals surface area contributed by atoms with E-state index < -0.39 is 11.8 Å². The normalized spacial score (nSPS) is 15.4. The molecular weight excluding hydrogens is 275 g/mol. The zero-order valence-corrected chi connectivity index (χ0v) is 11.8. The van der Waals surface area contributed by atoms with Gasteiger partial charge in [-0.2, -0.15) is 0 Å². The Kier molecular flexibility index (Phi) is 5.00. The smallest absolute Gasteiger partial charge is 0.341 e. The first-order chi connectivity index (χ1) is 10.2. The van der Waals surface area contributed by atoms with Crippen LogP contribution in [-0.4, -0.2) is 31.7 Å². The van der Waals surface area contributed by atoms with Crippen molar-refractivity contribution in [2.75, 3.05) is 24.6 Å². The minimum atomic E-state index is -0.652. The maximum absolute atomic E-state index is 14.5. The van der Waals surface area contributed by atoms with Gasteiger partial charge >= 0.3 is 5.97 Å². The molecule has 1 aliphatic heterocycles. The summed E-state index contributed by atoms with van der Waals surface area (Å²) in [5, 5.41) is 3.69. The third kappa shape index (κ3) is 3.44. The van der Waals surface area contributed by atoms with Gasteiger partial charge in [0.2, 0.25) is 0 Å². The average molecular weight is 292 g/mol. The predicted molar refractivity (Wildman–Crippen MR) is 76.7 cm³/mol. The lowest BCUT2D eigenvalue weighted by Crippen LogP contribution is -2.35. The Labute approximate surface area is 122 Å². The molecule has 21 heavy (non-hydrogen) atoms. The van der Waals surface area contributed by atoms with Crippen LogP contribution in [-0.2, 0) is 4.74 Å². The maximum atomic E-state index is 14.5. The van der Waals surface area contributed by atoms with Crippen LogP contribution in [0.5, 0.6) is 0 Å². The number of piperidine rings is 1. The third-order valence-electron chi connectivity index (χ3n) is 3.49. The maximum Gasteiger partial charge on any atom is 0.341 e. The molecular formula is C14H17FN4O2. The van der Waals surface area contributed by atoms with Crippen LogP contribution >= 0.6 is 0 Å². The summed E-state index contributed by atoms with van der Waals surface area (Å²) in [6, 6.07) is 4.67. The fourth-order valence-electron chi connectivity index (χ4n) is 2.43. The van der Waals surface area contributed by atoms with Crippen LogP contribution in [0.25, 0.3) is 10.4 Å². The molecule has 0 unspecified atom stereocenters.